The second-order valence-corrected chi connectivity index (χ2v) is 5.16. The van der Waals surface area contributed by atoms with Gasteiger partial charge >= 0.3 is 11.9 Å². The summed E-state index contributed by atoms with van der Waals surface area (Å²) < 4.78 is 5.78. The number of carbonyl (C=O) groups excluding carboxylic acids is 1. The van der Waals surface area contributed by atoms with E-state index in [1.54, 1.807) is 19.1 Å². The molecule has 1 aromatic carbocycles. The number of esters is 1. The Morgan fingerprint density at radius 1 is 1.43 bits per heavy atom. The van der Waals surface area contributed by atoms with Gasteiger partial charge in [0.2, 0.25) is 0 Å². The smallest absolute Gasteiger partial charge is 0.332 e. The van der Waals surface area contributed by atoms with Crippen molar-refractivity contribution in [1.82, 2.24) is 0 Å². The fourth-order valence-electron chi connectivity index (χ4n) is 1.58. The van der Waals surface area contributed by atoms with E-state index in [1.165, 1.54) is 0 Å². The number of hydrogen-bond acceptors (Lipinski definition) is 5. The summed E-state index contributed by atoms with van der Waals surface area (Å²) in [7, 11) is 0. The van der Waals surface area contributed by atoms with Gasteiger partial charge in [-0.15, -0.1) is 0 Å². The van der Waals surface area contributed by atoms with Crippen LogP contribution in [0.1, 0.15) is 26.2 Å². The summed E-state index contributed by atoms with van der Waals surface area (Å²) in [6.07, 6.45) is 0.626. The van der Waals surface area contributed by atoms with Gasteiger partial charge in [0.25, 0.3) is 0 Å². The second kappa shape index (κ2) is 9.23. The third kappa shape index (κ3) is 6.99. The van der Waals surface area contributed by atoms with E-state index in [0.29, 0.717) is 18.5 Å². The van der Waals surface area contributed by atoms with Crippen molar-refractivity contribution in [2.75, 3.05) is 6.61 Å². The largest absolute Gasteiger partial charge is 0.481 e. The van der Waals surface area contributed by atoms with E-state index in [0.717, 1.165) is 4.47 Å². The molecule has 6 nitrogen and oxygen atoms in total. The van der Waals surface area contributed by atoms with Crippen LogP contribution in [-0.2, 0) is 14.3 Å². The normalized spacial score (nSPS) is 12.3. The molecular weight excluding hydrogens is 340 g/mol. The molecule has 1 rings (SSSR count). The Morgan fingerprint density at radius 2 is 2.19 bits per heavy atom. The fourth-order valence-corrected chi connectivity index (χ4v) is 1.97. The summed E-state index contributed by atoms with van der Waals surface area (Å²) in [5, 5.41) is 16.6. The van der Waals surface area contributed by atoms with E-state index in [4.69, 9.17) is 9.84 Å². The summed E-state index contributed by atoms with van der Waals surface area (Å²) in [4.78, 5) is 22.3. The molecule has 7 heteroatoms. The van der Waals surface area contributed by atoms with Crippen molar-refractivity contribution in [3.05, 3.63) is 28.7 Å². The van der Waals surface area contributed by atoms with E-state index in [9.17, 15) is 9.59 Å². The third-order valence-corrected chi connectivity index (χ3v) is 3.04. The quantitative estimate of drug-likeness (QED) is 0.567. The minimum atomic E-state index is -0.901. The number of carbonyl (C=O) groups is 2. The van der Waals surface area contributed by atoms with Crippen LogP contribution < -0.4 is 0 Å². The average molecular weight is 357 g/mol. The summed E-state index contributed by atoms with van der Waals surface area (Å²) in [5.41, 5.74) is 0.608. The molecule has 0 aliphatic carbocycles. The standard InChI is InChI=1S/C14H17BrN2O4/c1-2-21-14(20)12(7-4-8-13(18)19)17-16-11-6-3-5-10(15)9-11/h3,5-6,9,12H,2,4,7-8H2,1H3,(H,18,19). The van der Waals surface area contributed by atoms with Crippen LogP contribution in [0.4, 0.5) is 5.69 Å². The van der Waals surface area contributed by atoms with Crippen molar-refractivity contribution in [1.29, 1.82) is 0 Å². The molecule has 0 saturated heterocycles. The predicted molar refractivity (Wildman–Crippen MR) is 80.6 cm³/mol. The van der Waals surface area contributed by atoms with Crippen LogP contribution in [0.2, 0.25) is 0 Å². The first kappa shape index (κ1) is 17.3. The van der Waals surface area contributed by atoms with Crippen molar-refractivity contribution in [2.24, 2.45) is 10.2 Å². The molecule has 0 heterocycles. The zero-order valence-corrected chi connectivity index (χ0v) is 13.2. The van der Waals surface area contributed by atoms with Crippen molar-refractivity contribution < 1.29 is 19.4 Å². The number of azo groups is 1. The number of rotatable bonds is 8. The predicted octanol–water partition coefficient (Wildman–Crippen LogP) is 3.72. The maximum absolute atomic E-state index is 11.8. The Kier molecular flexibility index (Phi) is 7.60. The zero-order valence-electron chi connectivity index (χ0n) is 11.7. The molecule has 21 heavy (non-hydrogen) atoms. The lowest BCUT2D eigenvalue weighted by Crippen LogP contribution is -2.21. The molecular formula is C14H17BrN2O4. The molecule has 0 radical (unpaired) electrons. The molecule has 1 atom stereocenters. The van der Waals surface area contributed by atoms with Gasteiger partial charge in [-0.25, -0.2) is 4.79 Å². The van der Waals surface area contributed by atoms with Gasteiger partial charge in [0.05, 0.1) is 12.3 Å². The van der Waals surface area contributed by atoms with Gasteiger partial charge in [0.1, 0.15) is 0 Å². The molecule has 0 aliphatic rings. The Morgan fingerprint density at radius 3 is 2.81 bits per heavy atom. The van der Waals surface area contributed by atoms with Crippen LogP contribution in [0, 0.1) is 0 Å². The number of carboxylic acids is 1. The topological polar surface area (TPSA) is 88.3 Å². The molecule has 0 fully saturated rings. The van der Waals surface area contributed by atoms with Gasteiger partial charge in [-0.2, -0.15) is 10.2 Å². The van der Waals surface area contributed by atoms with E-state index < -0.39 is 18.0 Å². The molecule has 0 aliphatic heterocycles. The fraction of sp³-hybridized carbons (Fsp3) is 0.429. The Labute approximate surface area is 131 Å². The first-order valence-corrected chi connectivity index (χ1v) is 7.37. The van der Waals surface area contributed by atoms with Crippen LogP contribution >= 0.6 is 15.9 Å². The molecule has 0 saturated carbocycles. The molecule has 0 bridgehead atoms. The Bertz CT molecular complexity index is 519. The summed E-state index contributed by atoms with van der Waals surface area (Å²) in [6, 6.07) is 6.41. The lowest BCUT2D eigenvalue weighted by atomic mass is 10.1. The minimum absolute atomic E-state index is 0.0116. The number of ether oxygens (including phenoxy) is 1. The average Bonchev–Trinajstić information content (AvgIpc) is 2.42. The van der Waals surface area contributed by atoms with Crippen LogP contribution in [-0.4, -0.2) is 29.7 Å². The highest BCUT2D eigenvalue weighted by atomic mass is 79.9. The first-order valence-electron chi connectivity index (χ1n) is 6.57. The van der Waals surface area contributed by atoms with Crippen LogP contribution in [0.15, 0.2) is 39.0 Å². The van der Waals surface area contributed by atoms with Crippen LogP contribution in [0.5, 0.6) is 0 Å². The number of halogens is 1. The van der Waals surface area contributed by atoms with Crippen LogP contribution in [0.3, 0.4) is 0 Å². The van der Waals surface area contributed by atoms with Gasteiger partial charge in [0.15, 0.2) is 6.04 Å². The molecule has 0 aromatic heterocycles. The summed E-state index contributed by atoms with van der Waals surface area (Å²) in [5.74, 6) is -1.39. The molecule has 114 valence electrons. The highest BCUT2D eigenvalue weighted by molar-refractivity contribution is 9.10. The van der Waals surface area contributed by atoms with E-state index in [-0.39, 0.29) is 13.0 Å². The third-order valence-electron chi connectivity index (χ3n) is 2.55. The number of nitrogens with zero attached hydrogens (tertiary/aromatic N) is 2. The van der Waals surface area contributed by atoms with Gasteiger partial charge < -0.3 is 9.84 Å². The lowest BCUT2D eigenvalue weighted by Gasteiger charge is -2.09. The molecule has 1 unspecified atom stereocenters. The number of carboxylic acid groups (broad SMARTS) is 1. The SMILES string of the molecule is CCOC(=O)C(CCCC(=O)O)N=Nc1cccc(Br)c1. The summed E-state index contributed by atoms with van der Waals surface area (Å²) >= 11 is 3.32. The molecule has 1 N–H and O–H groups in total. The van der Waals surface area contributed by atoms with Crippen molar-refractivity contribution >= 4 is 33.6 Å². The van der Waals surface area contributed by atoms with Gasteiger partial charge in [-0.3, -0.25) is 4.79 Å². The minimum Gasteiger partial charge on any atom is -0.481 e. The Hall–Kier alpha value is -1.76. The van der Waals surface area contributed by atoms with Crippen LogP contribution in [0.25, 0.3) is 0 Å². The first-order chi connectivity index (χ1) is 10.0. The van der Waals surface area contributed by atoms with Crippen molar-refractivity contribution in [3.8, 4) is 0 Å². The molecule has 1 aromatic rings. The zero-order chi connectivity index (χ0) is 15.7. The maximum Gasteiger partial charge on any atom is 0.332 e. The van der Waals surface area contributed by atoms with Gasteiger partial charge in [0, 0.05) is 10.9 Å². The Balaban J connectivity index is 2.71. The van der Waals surface area contributed by atoms with Gasteiger partial charge in [-0.05, 0) is 38.0 Å². The van der Waals surface area contributed by atoms with Crippen molar-refractivity contribution in [2.45, 2.75) is 32.2 Å². The highest BCUT2D eigenvalue weighted by Crippen LogP contribution is 2.20. The highest BCUT2D eigenvalue weighted by Gasteiger charge is 2.19. The van der Waals surface area contributed by atoms with Gasteiger partial charge in [-0.1, -0.05) is 22.0 Å². The number of aliphatic carboxylic acids is 1. The van der Waals surface area contributed by atoms with Crippen molar-refractivity contribution in [3.63, 3.8) is 0 Å². The monoisotopic (exact) mass is 356 g/mol. The maximum atomic E-state index is 11.8. The summed E-state index contributed by atoms with van der Waals surface area (Å²) in [6.45, 7) is 1.96. The van der Waals surface area contributed by atoms with E-state index in [1.807, 2.05) is 12.1 Å². The van der Waals surface area contributed by atoms with E-state index >= 15 is 0 Å². The lowest BCUT2D eigenvalue weighted by molar-refractivity contribution is -0.145. The number of hydrogen-bond donors (Lipinski definition) is 1. The van der Waals surface area contributed by atoms with E-state index in [2.05, 4.69) is 26.2 Å². The number of benzene rings is 1. The molecule has 0 spiro atoms. The second-order valence-electron chi connectivity index (χ2n) is 4.25. The molecule has 0 amide bonds.